The number of hydrogen-bond donors (Lipinski definition) is 0. The normalized spacial score (nSPS) is 14.9. The smallest absolute Gasteiger partial charge is 0.149 e. The summed E-state index contributed by atoms with van der Waals surface area (Å²) < 4.78 is 0. The van der Waals surface area contributed by atoms with Crippen LogP contribution in [0.1, 0.15) is 33.6 Å². The van der Waals surface area contributed by atoms with Gasteiger partial charge in [0.05, 0.1) is 19.0 Å². The maximum atomic E-state index is 11.6. The summed E-state index contributed by atoms with van der Waals surface area (Å²) in [5, 5.41) is 8.51. The molecule has 0 saturated carbocycles. The van der Waals surface area contributed by atoms with Gasteiger partial charge < -0.3 is 0 Å². The van der Waals surface area contributed by atoms with Crippen LogP contribution in [-0.2, 0) is 4.79 Å². The quantitative estimate of drug-likeness (QED) is 0.651. The van der Waals surface area contributed by atoms with Gasteiger partial charge in [0, 0.05) is 12.0 Å². The van der Waals surface area contributed by atoms with Gasteiger partial charge in [0.15, 0.2) is 0 Å². The zero-order chi connectivity index (χ0) is 11.1. The van der Waals surface area contributed by atoms with Crippen molar-refractivity contribution in [1.82, 2.24) is 4.90 Å². The SMILES string of the molecule is CCC(C)C(=O)CN(C)C(C)CC#N. The van der Waals surface area contributed by atoms with E-state index in [1.54, 1.807) is 0 Å². The van der Waals surface area contributed by atoms with Crippen LogP contribution in [0.5, 0.6) is 0 Å². The summed E-state index contributed by atoms with van der Waals surface area (Å²) in [6.45, 7) is 6.39. The van der Waals surface area contributed by atoms with E-state index in [-0.39, 0.29) is 17.7 Å². The second kappa shape index (κ2) is 6.56. The van der Waals surface area contributed by atoms with Gasteiger partial charge in [0.2, 0.25) is 0 Å². The fourth-order valence-corrected chi connectivity index (χ4v) is 1.07. The van der Waals surface area contributed by atoms with Crippen LogP contribution in [0, 0.1) is 17.2 Å². The van der Waals surface area contributed by atoms with Crippen LogP contribution in [0.15, 0.2) is 0 Å². The van der Waals surface area contributed by atoms with E-state index < -0.39 is 0 Å². The molecule has 0 heterocycles. The number of nitrogens with zero attached hydrogens (tertiary/aromatic N) is 2. The van der Waals surface area contributed by atoms with Gasteiger partial charge in [-0.25, -0.2) is 0 Å². The predicted octanol–water partition coefficient (Wildman–Crippen LogP) is 1.84. The van der Waals surface area contributed by atoms with E-state index in [0.717, 1.165) is 6.42 Å². The summed E-state index contributed by atoms with van der Waals surface area (Å²) in [4.78, 5) is 13.5. The molecular formula is C11H20N2O. The Kier molecular flexibility index (Phi) is 6.14. The molecule has 3 nitrogen and oxygen atoms in total. The molecule has 0 bridgehead atoms. The molecule has 0 aliphatic carbocycles. The number of rotatable bonds is 6. The first-order valence-electron chi connectivity index (χ1n) is 5.12. The molecule has 3 heteroatoms. The van der Waals surface area contributed by atoms with E-state index in [2.05, 4.69) is 6.07 Å². The van der Waals surface area contributed by atoms with E-state index in [1.807, 2.05) is 32.7 Å². The average Bonchev–Trinajstić information content (AvgIpc) is 2.16. The minimum absolute atomic E-state index is 0.131. The van der Waals surface area contributed by atoms with E-state index in [9.17, 15) is 4.79 Å². The number of carbonyl (C=O) groups is 1. The third-order valence-corrected chi connectivity index (χ3v) is 2.71. The Morgan fingerprint density at radius 3 is 2.50 bits per heavy atom. The summed E-state index contributed by atoms with van der Waals surface area (Å²) >= 11 is 0. The van der Waals surface area contributed by atoms with Crippen molar-refractivity contribution >= 4 is 5.78 Å². The van der Waals surface area contributed by atoms with E-state index in [1.165, 1.54) is 0 Å². The van der Waals surface area contributed by atoms with Gasteiger partial charge in [-0.1, -0.05) is 13.8 Å². The molecule has 80 valence electrons. The molecule has 0 aliphatic heterocycles. The monoisotopic (exact) mass is 196 g/mol. The maximum absolute atomic E-state index is 11.6. The molecule has 2 atom stereocenters. The van der Waals surface area contributed by atoms with Crippen LogP contribution in [0.25, 0.3) is 0 Å². The summed E-state index contributed by atoms with van der Waals surface area (Å²) in [7, 11) is 1.89. The van der Waals surface area contributed by atoms with Gasteiger partial charge in [0.1, 0.15) is 5.78 Å². The van der Waals surface area contributed by atoms with E-state index in [0.29, 0.717) is 13.0 Å². The first-order chi connectivity index (χ1) is 6.52. The molecule has 0 aromatic heterocycles. The molecule has 0 fully saturated rings. The second-order valence-corrected chi connectivity index (χ2v) is 3.90. The fourth-order valence-electron chi connectivity index (χ4n) is 1.07. The van der Waals surface area contributed by atoms with Gasteiger partial charge in [-0.15, -0.1) is 0 Å². The third kappa shape index (κ3) is 4.38. The Labute approximate surface area is 86.7 Å². The standard InChI is InChI=1S/C11H20N2O/c1-5-9(2)11(14)8-13(4)10(3)6-7-12/h9-10H,5-6,8H2,1-4H3. The number of ketones is 1. The van der Waals surface area contributed by atoms with E-state index in [4.69, 9.17) is 5.26 Å². The molecule has 0 aromatic carbocycles. The van der Waals surface area contributed by atoms with Crippen molar-refractivity contribution in [3.63, 3.8) is 0 Å². The lowest BCUT2D eigenvalue weighted by Crippen LogP contribution is -2.35. The van der Waals surface area contributed by atoms with Gasteiger partial charge in [-0.3, -0.25) is 9.69 Å². The van der Waals surface area contributed by atoms with Crippen LogP contribution in [-0.4, -0.2) is 30.3 Å². The highest BCUT2D eigenvalue weighted by Gasteiger charge is 2.16. The van der Waals surface area contributed by atoms with Crippen LogP contribution < -0.4 is 0 Å². The lowest BCUT2D eigenvalue weighted by atomic mass is 10.0. The van der Waals surface area contributed by atoms with Crippen molar-refractivity contribution in [2.45, 2.75) is 39.7 Å². The van der Waals surface area contributed by atoms with Crippen molar-refractivity contribution in [3.05, 3.63) is 0 Å². The van der Waals surface area contributed by atoms with Crippen molar-refractivity contribution in [3.8, 4) is 6.07 Å². The zero-order valence-electron chi connectivity index (χ0n) is 9.58. The Morgan fingerprint density at radius 2 is 2.07 bits per heavy atom. The number of Topliss-reactive ketones (excluding diaryl/α,β-unsaturated/α-hetero) is 1. The average molecular weight is 196 g/mol. The minimum atomic E-state index is 0.131. The predicted molar refractivity (Wildman–Crippen MR) is 56.8 cm³/mol. The highest BCUT2D eigenvalue weighted by molar-refractivity contribution is 5.82. The molecular weight excluding hydrogens is 176 g/mol. The molecule has 0 N–H and O–H groups in total. The molecule has 0 rings (SSSR count). The van der Waals surface area contributed by atoms with Crippen LogP contribution in [0.2, 0.25) is 0 Å². The highest BCUT2D eigenvalue weighted by atomic mass is 16.1. The topological polar surface area (TPSA) is 44.1 Å². The Morgan fingerprint density at radius 1 is 1.50 bits per heavy atom. The third-order valence-electron chi connectivity index (χ3n) is 2.71. The molecule has 0 aliphatic rings. The molecule has 0 aromatic rings. The van der Waals surface area contributed by atoms with Crippen molar-refractivity contribution in [1.29, 1.82) is 5.26 Å². The summed E-state index contributed by atoms with van der Waals surface area (Å²) in [6.07, 6.45) is 1.36. The first-order valence-corrected chi connectivity index (χ1v) is 5.12. The number of hydrogen-bond acceptors (Lipinski definition) is 3. The highest BCUT2D eigenvalue weighted by Crippen LogP contribution is 2.06. The fraction of sp³-hybridized carbons (Fsp3) is 0.818. The van der Waals surface area contributed by atoms with Gasteiger partial charge in [-0.2, -0.15) is 5.26 Å². The van der Waals surface area contributed by atoms with Crippen LogP contribution in [0.3, 0.4) is 0 Å². The number of likely N-dealkylation sites (N-methyl/N-ethyl adjacent to an activating group) is 1. The molecule has 0 spiro atoms. The van der Waals surface area contributed by atoms with Crippen LogP contribution >= 0.6 is 0 Å². The van der Waals surface area contributed by atoms with Gasteiger partial charge in [0.25, 0.3) is 0 Å². The molecule has 14 heavy (non-hydrogen) atoms. The van der Waals surface area contributed by atoms with Crippen molar-refractivity contribution in [2.75, 3.05) is 13.6 Å². The van der Waals surface area contributed by atoms with Crippen LogP contribution in [0.4, 0.5) is 0 Å². The van der Waals surface area contributed by atoms with Crippen molar-refractivity contribution < 1.29 is 4.79 Å². The lowest BCUT2D eigenvalue weighted by Gasteiger charge is -2.22. The lowest BCUT2D eigenvalue weighted by molar-refractivity contribution is -0.123. The number of carbonyl (C=O) groups excluding carboxylic acids is 1. The molecule has 0 radical (unpaired) electrons. The number of nitriles is 1. The second-order valence-electron chi connectivity index (χ2n) is 3.90. The summed E-state index contributed by atoms with van der Waals surface area (Å²) in [6, 6.07) is 2.27. The Hall–Kier alpha value is -0.880. The molecule has 0 amide bonds. The minimum Gasteiger partial charge on any atom is -0.298 e. The largest absolute Gasteiger partial charge is 0.298 e. The summed E-state index contributed by atoms with van der Waals surface area (Å²) in [5.41, 5.74) is 0. The van der Waals surface area contributed by atoms with Crippen molar-refractivity contribution in [2.24, 2.45) is 5.92 Å². The summed E-state index contributed by atoms with van der Waals surface area (Å²) in [5.74, 6) is 0.395. The zero-order valence-corrected chi connectivity index (χ0v) is 9.58. The molecule has 0 saturated heterocycles. The Balaban J connectivity index is 4.00. The molecule has 2 unspecified atom stereocenters. The van der Waals surface area contributed by atoms with Gasteiger partial charge in [-0.05, 0) is 20.4 Å². The first kappa shape index (κ1) is 13.1. The van der Waals surface area contributed by atoms with Gasteiger partial charge >= 0.3 is 0 Å². The maximum Gasteiger partial charge on any atom is 0.149 e. The van der Waals surface area contributed by atoms with E-state index >= 15 is 0 Å². The Bertz CT molecular complexity index is 220.